The number of aromatic nitrogens is 1. The zero-order chi connectivity index (χ0) is 31.3. The Kier molecular flexibility index (Phi) is 8.96. The number of fused-ring (bicyclic) bond motifs is 8. The number of H-pyrrole nitrogens is 1. The molecule has 0 spiro atoms. The van der Waals surface area contributed by atoms with Crippen molar-refractivity contribution in [2.75, 3.05) is 0 Å². The minimum atomic E-state index is 1.03. The molecule has 222 valence electrons. The van der Waals surface area contributed by atoms with Gasteiger partial charge in [0.2, 0.25) is 0 Å². The Morgan fingerprint density at radius 3 is 2.27 bits per heavy atom. The summed E-state index contributed by atoms with van der Waals surface area (Å²) in [7, 11) is 0. The van der Waals surface area contributed by atoms with E-state index in [0.717, 1.165) is 24.8 Å². The maximum absolute atomic E-state index is 4.48. The molecule has 2 heterocycles. The molecular formula is C43H39NS. The first-order valence-corrected chi connectivity index (χ1v) is 16.6. The zero-order valence-corrected chi connectivity index (χ0v) is 27.0. The number of aromatic amines is 1. The molecule has 1 nitrogen and oxygen atoms in total. The predicted octanol–water partition coefficient (Wildman–Crippen LogP) is 13.6. The minimum Gasteiger partial charge on any atom is -0.353 e. The van der Waals surface area contributed by atoms with E-state index >= 15 is 0 Å². The van der Waals surface area contributed by atoms with E-state index in [4.69, 9.17) is 0 Å². The van der Waals surface area contributed by atoms with Crippen LogP contribution in [0.3, 0.4) is 0 Å². The third-order valence-corrected chi connectivity index (χ3v) is 9.62. The molecule has 7 aromatic rings. The molecule has 0 saturated carbocycles. The fourth-order valence-electron chi connectivity index (χ4n) is 6.32. The van der Waals surface area contributed by atoms with Crippen LogP contribution in [-0.2, 0) is 0 Å². The lowest BCUT2D eigenvalue weighted by Gasteiger charge is -2.10. The molecule has 0 saturated heterocycles. The summed E-state index contributed by atoms with van der Waals surface area (Å²) in [5.74, 6) is 0. The minimum absolute atomic E-state index is 1.03. The van der Waals surface area contributed by atoms with Gasteiger partial charge in [0.05, 0.1) is 15.7 Å². The molecule has 0 bridgehead atoms. The lowest BCUT2D eigenvalue weighted by Crippen LogP contribution is -1.90. The summed E-state index contributed by atoms with van der Waals surface area (Å²) in [5.41, 5.74) is 8.70. The summed E-state index contributed by atoms with van der Waals surface area (Å²) in [5, 5.41) is 7.75. The smallest absolute Gasteiger partial charge is 0.0646 e. The van der Waals surface area contributed by atoms with Crippen LogP contribution in [0.5, 0.6) is 0 Å². The Morgan fingerprint density at radius 2 is 1.47 bits per heavy atom. The van der Waals surface area contributed by atoms with Gasteiger partial charge in [0, 0.05) is 31.8 Å². The standard InChI is InChI=1S/C37H27NS.C4H6.C2H6/c1-23(21-24-9-3-2-4-10-24)27-14-8-16-30-31-18-19-32-33-22-26(29-15-7-12-25-11-5-6-13-28(25)29)17-20-34(33)39-37(32)36(31)38-35(27)30;1-3-4-2;1-2/h2-3,5-8,11-22,38H,1,4,9-10H2;3-4H,1-2H2;1-2H3/b24-21+;;. The highest BCUT2D eigenvalue weighted by molar-refractivity contribution is 7.26. The molecule has 0 radical (unpaired) electrons. The van der Waals surface area contributed by atoms with E-state index in [9.17, 15) is 0 Å². The van der Waals surface area contributed by atoms with Gasteiger partial charge in [0.1, 0.15) is 0 Å². The van der Waals surface area contributed by atoms with Gasteiger partial charge < -0.3 is 4.98 Å². The van der Waals surface area contributed by atoms with Crippen LogP contribution in [0.2, 0.25) is 0 Å². The van der Waals surface area contributed by atoms with Crippen molar-refractivity contribution >= 4 is 69.7 Å². The molecule has 0 aliphatic heterocycles. The SMILES string of the molecule is C=C(/C=C1\CC=CCC1)c1cccc2c1[nH]c1c2ccc2c3cc(-c4cccc5ccccc45)ccc3sc21.C=CC=C.CC. The number of allylic oxidation sites excluding steroid dienone is 7. The number of hydrogen-bond donors (Lipinski definition) is 1. The molecule has 45 heavy (non-hydrogen) atoms. The molecule has 2 heteroatoms. The van der Waals surface area contributed by atoms with E-state index in [1.54, 1.807) is 12.2 Å². The summed E-state index contributed by atoms with van der Waals surface area (Å²) in [4.78, 5) is 3.85. The molecule has 0 atom stereocenters. The summed E-state index contributed by atoms with van der Waals surface area (Å²) >= 11 is 1.88. The molecule has 0 unspecified atom stereocenters. The van der Waals surface area contributed by atoms with Crippen molar-refractivity contribution in [1.29, 1.82) is 0 Å². The Bertz CT molecular complexity index is 2260. The fraction of sp³-hybridized carbons (Fsp3) is 0.116. The molecule has 5 aromatic carbocycles. The van der Waals surface area contributed by atoms with Crippen LogP contribution in [0.15, 0.2) is 147 Å². The highest BCUT2D eigenvalue weighted by Crippen LogP contribution is 2.43. The summed E-state index contributed by atoms with van der Waals surface area (Å²) < 4.78 is 2.64. The van der Waals surface area contributed by atoms with Crippen LogP contribution >= 0.6 is 11.3 Å². The van der Waals surface area contributed by atoms with E-state index in [-0.39, 0.29) is 0 Å². The average molecular weight is 602 g/mol. The van der Waals surface area contributed by atoms with Crippen molar-refractivity contribution in [3.63, 3.8) is 0 Å². The topological polar surface area (TPSA) is 15.8 Å². The van der Waals surface area contributed by atoms with Gasteiger partial charge in [-0.1, -0.05) is 148 Å². The second-order valence-electron chi connectivity index (χ2n) is 11.1. The molecule has 1 N–H and O–H groups in total. The van der Waals surface area contributed by atoms with Gasteiger partial charge in [0.15, 0.2) is 0 Å². The van der Waals surface area contributed by atoms with Crippen LogP contribution in [0.1, 0.15) is 38.7 Å². The maximum Gasteiger partial charge on any atom is 0.0646 e. The highest BCUT2D eigenvalue weighted by atomic mass is 32.1. The zero-order valence-electron chi connectivity index (χ0n) is 26.2. The van der Waals surface area contributed by atoms with E-state index in [1.807, 2.05) is 25.2 Å². The third-order valence-electron chi connectivity index (χ3n) is 8.41. The maximum atomic E-state index is 4.48. The number of hydrogen-bond acceptors (Lipinski definition) is 1. The number of thiophene rings is 1. The highest BCUT2D eigenvalue weighted by Gasteiger charge is 2.16. The van der Waals surface area contributed by atoms with Gasteiger partial charge in [-0.05, 0) is 58.9 Å². The quantitative estimate of drug-likeness (QED) is 0.153. The molecule has 0 amide bonds. The Morgan fingerprint density at radius 1 is 0.733 bits per heavy atom. The number of nitrogens with one attached hydrogen (secondary N) is 1. The second-order valence-corrected chi connectivity index (χ2v) is 12.1. The average Bonchev–Trinajstić information content (AvgIpc) is 3.68. The van der Waals surface area contributed by atoms with Crippen molar-refractivity contribution in [1.82, 2.24) is 4.98 Å². The predicted molar refractivity (Wildman–Crippen MR) is 203 cm³/mol. The summed E-state index contributed by atoms with van der Waals surface area (Å²) in [6.45, 7) is 15.2. The van der Waals surface area contributed by atoms with Gasteiger partial charge in [0.25, 0.3) is 0 Å². The molecule has 8 rings (SSSR count). The van der Waals surface area contributed by atoms with E-state index in [2.05, 4.69) is 134 Å². The fourth-order valence-corrected chi connectivity index (χ4v) is 7.50. The number of para-hydroxylation sites is 1. The van der Waals surface area contributed by atoms with Gasteiger partial charge in [-0.15, -0.1) is 11.3 Å². The lowest BCUT2D eigenvalue weighted by atomic mass is 9.95. The Balaban J connectivity index is 0.000000555. The Hall–Kier alpha value is -4.92. The normalized spacial score (nSPS) is 13.5. The van der Waals surface area contributed by atoms with E-state index < -0.39 is 0 Å². The Labute approximate surface area is 270 Å². The van der Waals surface area contributed by atoms with Crippen LogP contribution in [0.25, 0.3) is 69.5 Å². The van der Waals surface area contributed by atoms with Crippen molar-refractivity contribution in [2.24, 2.45) is 0 Å². The van der Waals surface area contributed by atoms with E-state index in [0.29, 0.717) is 0 Å². The first kappa shape index (κ1) is 30.1. The van der Waals surface area contributed by atoms with Gasteiger partial charge >= 0.3 is 0 Å². The van der Waals surface area contributed by atoms with Crippen LogP contribution in [0, 0.1) is 0 Å². The van der Waals surface area contributed by atoms with Gasteiger partial charge in [-0.25, -0.2) is 0 Å². The monoisotopic (exact) mass is 601 g/mol. The van der Waals surface area contributed by atoms with Crippen molar-refractivity contribution in [3.8, 4) is 11.1 Å². The first-order chi connectivity index (χ1) is 22.2. The van der Waals surface area contributed by atoms with Crippen LogP contribution in [-0.4, -0.2) is 4.98 Å². The van der Waals surface area contributed by atoms with Crippen LogP contribution in [0.4, 0.5) is 0 Å². The van der Waals surface area contributed by atoms with Gasteiger partial charge in [-0.2, -0.15) is 0 Å². The second kappa shape index (κ2) is 13.4. The number of rotatable bonds is 4. The molecule has 1 aliphatic carbocycles. The van der Waals surface area contributed by atoms with Gasteiger partial charge in [-0.3, -0.25) is 0 Å². The lowest BCUT2D eigenvalue weighted by molar-refractivity contribution is 0.901. The molecular weight excluding hydrogens is 563 g/mol. The molecule has 0 fully saturated rings. The third kappa shape index (κ3) is 5.70. The first-order valence-electron chi connectivity index (χ1n) is 15.8. The molecule has 2 aromatic heterocycles. The largest absolute Gasteiger partial charge is 0.353 e. The van der Waals surface area contributed by atoms with Crippen molar-refractivity contribution < 1.29 is 0 Å². The molecule has 1 aliphatic rings. The van der Waals surface area contributed by atoms with Crippen LogP contribution < -0.4 is 0 Å². The van der Waals surface area contributed by atoms with Crippen molar-refractivity contribution in [3.05, 3.63) is 152 Å². The number of benzene rings is 5. The summed E-state index contributed by atoms with van der Waals surface area (Å²) in [6.07, 6.45) is 13.4. The summed E-state index contributed by atoms with van der Waals surface area (Å²) in [6, 6.07) is 33.4. The van der Waals surface area contributed by atoms with E-state index in [1.165, 1.54) is 75.0 Å². The van der Waals surface area contributed by atoms with Crippen molar-refractivity contribution in [2.45, 2.75) is 33.1 Å².